The molecular weight excluding hydrogens is 540 g/mol. The van der Waals surface area contributed by atoms with Gasteiger partial charge in [-0.15, -0.1) is 11.8 Å². The monoisotopic (exact) mass is 576 g/mol. The van der Waals surface area contributed by atoms with E-state index in [4.69, 9.17) is 19.3 Å². The van der Waals surface area contributed by atoms with Crippen LogP contribution >= 0.6 is 11.8 Å². The Kier molecular flexibility index (Phi) is 7.46. The second kappa shape index (κ2) is 11.1. The highest BCUT2D eigenvalue weighted by Crippen LogP contribution is 2.49. The number of carbonyl (C=O) groups is 2. The predicted molar refractivity (Wildman–Crippen MR) is 158 cm³/mol. The summed E-state index contributed by atoms with van der Waals surface area (Å²) in [5, 5.41) is 7.94. The number of aromatic nitrogens is 2. The summed E-state index contributed by atoms with van der Waals surface area (Å²) in [6.45, 7) is 9.66. The van der Waals surface area contributed by atoms with Gasteiger partial charge in [0.1, 0.15) is 12.4 Å². The molecule has 10 heteroatoms. The number of nitrogens with one attached hydrogen (secondary N) is 1. The van der Waals surface area contributed by atoms with Gasteiger partial charge in [0.2, 0.25) is 18.6 Å². The molecule has 0 saturated carbocycles. The number of amides is 2. The van der Waals surface area contributed by atoms with Crippen molar-refractivity contribution < 1.29 is 23.8 Å². The topological polar surface area (TPSA) is 94.9 Å². The summed E-state index contributed by atoms with van der Waals surface area (Å²) in [5.74, 6) is 1.88. The molecule has 41 heavy (non-hydrogen) atoms. The van der Waals surface area contributed by atoms with Crippen LogP contribution in [-0.4, -0.2) is 59.9 Å². The largest absolute Gasteiger partial charge is 0.454 e. The number of anilines is 1. The molecule has 2 atom stereocenters. The summed E-state index contributed by atoms with van der Waals surface area (Å²) in [5.41, 5.74) is 4.42. The van der Waals surface area contributed by atoms with Crippen LogP contribution in [0.1, 0.15) is 61.2 Å². The van der Waals surface area contributed by atoms with E-state index in [9.17, 15) is 9.59 Å². The third kappa shape index (κ3) is 5.55. The number of hydrogen-bond acceptors (Lipinski definition) is 7. The standard InChI is InChI=1S/C31H36N4O5S/c1-19-7-10-21(11-8-19)35-30-27(29(33-35)31(2,3)4)28(20-9-12-23-24(14-20)40-18-39-23)41-17-26(37)34(30)16-25(36)32-15-22-6-5-13-38-22/h7-12,14,22,28H,5-6,13,15-18H2,1-4H3,(H,32,36)/t22-,28-/m1/s1. The third-order valence-corrected chi connectivity index (χ3v) is 8.88. The summed E-state index contributed by atoms with van der Waals surface area (Å²) in [6.07, 6.45) is 1.94. The van der Waals surface area contributed by atoms with Crippen LogP contribution < -0.4 is 19.7 Å². The normalized spacial score (nSPS) is 20.2. The SMILES string of the molecule is Cc1ccc(-n2nc(C(C)(C)C)c3c2N(CC(=O)NC[C@H]2CCCO2)C(=O)CS[C@@H]3c2ccc3c(c2)OCO3)cc1. The molecule has 3 aliphatic heterocycles. The van der Waals surface area contributed by atoms with Gasteiger partial charge in [0, 0.05) is 24.1 Å². The zero-order chi connectivity index (χ0) is 28.7. The van der Waals surface area contributed by atoms with Crippen LogP contribution in [0.15, 0.2) is 42.5 Å². The van der Waals surface area contributed by atoms with Gasteiger partial charge < -0.3 is 19.5 Å². The molecule has 2 amide bonds. The van der Waals surface area contributed by atoms with Crippen LogP contribution in [0, 0.1) is 6.92 Å². The number of rotatable bonds is 6. The van der Waals surface area contributed by atoms with E-state index in [2.05, 4.69) is 26.1 Å². The van der Waals surface area contributed by atoms with Crippen LogP contribution in [-0.2, 0) is 19.7 Å². The van der Waals surface area contributed by atoms with E-state index in [0.29, 0.717) is 23.9 Å². The molecule has 1 N–H and O–H groups in total. The molecule has 2 aromatic carbocycles. The lowest BCUT2D eigenvalue weighted by atomic mass is 9.87. The summed E-state index contributed by atoms with van der Waals surface area (Å²) in [6, 6.07) is 14.0. The van der Waals surface area contributed by atoms with Gasteiger partial charge in [-0.2, -0.15) is 5.10 Å². The summed E-state index contributed by atoms with van der Waals surface area (Å²) in [4.78, 5) is 28.7. The van der Waals surface area contributed by atoms with Crippen LogP contribution in [0.3, 0.4) is 0 Å². The smallest absolute Gasteiger partial charge is 0.240 e. The summed E-state index contributed by atoms with van der Waals surface area (Å²) >= 11 is 1.55. The minimum atomic E-state index is -0.337. The van der Waals surface area contributed by atoms with E-state index in [0.717, 1.165) is 47.5 Å². The molecule has 1 aromatic heterocycles. The van der Waals surface area contributed by atoms with Crippen molar-refractivity contribution in [1.82, 2.24) is 15.1 Å². The first kappa shape index (κ1) is 27.7. The number of fused-ring (bicyclic) bond motifs is 2. The fraction of sp³-hybridized carbons (Fsp3) is 0.452. The average Bonchev–Trinajstić information content (AvgIpc) is 3.69. The van der Waals surface area contributed by atoms with E-state index in [1.54, 1.807) is 16.7 Å². The van der Waals surface area contributed by atoms with E-state index < -0.39 is 0 Å². The van der Waals surface area contributed by atoms with E-state index in [1.807, 2.05) is 54.1 Å². The Bertz CT molecular complexity index is 1460. The fourth-order valence-corrected chi connectivity index (χ4v) is 6.70. The van der Waals surface area contributed by atoms with Crippen molar-refractivity contribution in [3.8, 4) is 17.2 Å². The Hall–Kier alpha value is -3.50. The molecule has 0 radical (unpaired) electrons. The molecule has 0 unspecified atom stereocenters. The molecule has 1 saturated heterocycles. The predicted octanol–water partition coefficient (Wildman–Crippen LogP) is 4.67. The van der Waals surface area contributed by atoms with Crippen molar-refractivity contribution in [2.24, 2.45) is 0 Å². The highest BCUT2D eigenvalue weighted by molar-refractivity contribution is 8.00. The number of thioether (sulfide) groups is 1. The lowest BCUT2D eigenvalue weighted by Gasteiger charge is -2.25. The molecule has 6 rings (SSSR count). The van der Waals surface area contributed by atoms with Crippen molar-refractivity contribution in [3.63, 3.8) is 0 Å². The molecule has 3 aliphatic rings. The second-order valence-corrected chi connectivity index (χ2v) is 12.9. The maximum absolute atomic E-state index is 13.8. The van der Waals surface area contributed by atoms with Crippen LogP contribution in [0.2, 0.25) is 0 Å². The van der Waals surface area contributed by atoms with Crippen LogP contribution in [0.5, 0.6) is 11.5 Å². The quantitative estimate of drug-likeness (QED) is 0.456. The van der Waals surface area contributed by atoms with Gasteiger partial charge in [-0.05, 0) is 49.6 Å². The van der Waals surface area contributed by atoms with E-state index >= 15 is 0 Å². The van der Waals surface area contributed by atoms with Crippen molar-refractivity contribution in [2.75, 3.05) is 37.1 Å². The number of aryl methyl sites for hydroxylation is 1. The molecule has 0 bridgehead atoms. The molecule has 9 nitrogen and oxygen atoms in total. The number of benzene rings is 2. The minimum absolute atomic E-state index is 0.0193. The Morgan fingerprint density at radius 1 is 1.12 bits per heavy atom. The van der Waals surface area contributed by atoms with E-state index in [1.165, 1.54) is 0 Å². The maximum atomic E-state index is 13.8. The molecular formula is C31H36N4O5S. The van der Waals surface area contributed by atoms with Gasteiger partial charge >= 0.3 is 0 Å². The molecule has 1 fully saturated rings. The third-order valence-electron chi connectivity index (χ3n) is 7.63. The van der Waals surface area contributed by atoms with E-state index in [-0.39, 0.29) is 47.7 Å². The van der Waals surface area contributed by atoms with Gasteiger partial charge in [0.05, 0.1) is 28.5 Å². The van der Waals surface area contributed by atoms with Crippen LogP contribution in [0.4, 0.5) is 5.82 Å². The summed E-state index contributed by atoms with van der Waals surface area (Å²) in [7, 11) is 0. The summed E-state index contributed by atoms with van der Waals surface area (Å²) < 4.78 is 18.8. The lowest BCUT2D eigenvalue weighted by Crippen LogP contribution is -2.44. The van der Waals surface area contributed by atoms with Gasteiger partial charge in [0.15, 0.2) is 11.5 Å². The van der Waals surface area contributed by atoms with Gasteiger partial charge in [-0.3, -0.25) is 14.5 Å². The first-order valence-corrected chi connectivity index (χ1v) is 15.1. The number of hydrogen-bond donors (Lipinski definition) is 1. The van der Waals surface area contributed by atoms with Gasteiger partial charge in [-0.1, -0.05) is 44.5 Å². The zero-order valence-corrected chi connectivity index (χ0v) is 24.8. The number of carbonyl (C=O) groups excluding carboxylic acids is 2. The number of ether oxygens (including phenoxy) is 3. The Labute approximate surface area is 244 Å². The average molecular weight is 577 g/mol. The van der Waals surface area contributed by atoms with Gasteiger partial charge in [0.25, 0.3) is 0 Å². The van der Waals surface area contributed by atoms with Crippen molar-refractivity contribution >= 4 is 29.4 Å². The molecule has 216 valence electrons. The fourth-order valence-electron chi connectivity index (χ4n) is 5.51. The maximum Gasteiger partial charge on any atom is 0.240 e. The highest BCUT2D eigenvalue weighted by atomic mass is 32.2. The second-order valence-electron chi connectivity index (χ2n) is 11.8. The first-order valence-electron chi connectivity index (χ1n) is 14.1. The molecule has 4 heterocycles. The highest BCUT2D eigenvalue weighted by Gasteiger charge is 2.40. The molecule has 0 spiro atoms. The van der Waals surface area contributed by atoms with Crippen molar-refractivity contribution in [3.05, 3.63) is 64.8 Å². The Morgan fingerprint density at radius 3 is 2.63 bits per heavy atom. The Balaban J connectivity index is 1.48. The van der Waals surface area contributed by atoms with Gasteiger partial charge in [-0.25, -0.2) is 4.68 Å². The number of nitrogens with zero attached hydrogens (tertiary/aromatic N) is 3. The van der Waals surface area contributed by atoms with Crippen molar-refractivity contribution in [1.29, 1.82) is 0 Å². The minimum Gasteiger partial charge on any atom is -0.454 e. The molecule has 3 aromatic rings. The Morgan fingerprint density at radius 2 is 1.90 bits per heavy atom. The molecule has 0 aliphatic carbocycles. The first-order chi connectivity index (χ1) is 19.7. The lowest BCUT2D eigenvalue weighted by molar-refractivity contribution is -0.123. The van der Waals surface area contributed by atoms with Crippen LogP contribution in [0.25, 0.3) is 5.69 Å². The zero-order valence-electron chi connectivity index (χ0n) is 23.9. The van der Waals surface area contributed by atoms with Crippen molar-refractivity contribution in [2.45, 2.75) is 57.3 Å².